The average molecular weight is 444 g/mol. The Hall–Kier alpha value is -4.07. The Morgan fingerprint density at radius 1 is 1.03 bits per heavy atom. The van der Waals surface area contributed by atoms with Gasteiger partial charge in [0.15, 0.2) is 11.4 Å². The molecule has 0 aliphatic carbocycles. The van der Waals surface area contributed by atoms with Gasteiger partial charge in [0.2, 0.25) is 5.91 Å². The molecule has 168 valence electrons. The Bertz CT molecular complexity index is 1380. The van der Waals surface area contributed by atoms with Crippen LogP contribution in [0.25, 0.3) is 16.7 Å². The van der Waals surface area contributed by atoms with Gasteiger partial charge in [0, 0.05) is 17.7 Å². The summed E-state index contributed by atoms with van der Waals surface area (Å²) < 4.78 is 2.92. The molecule has 0 saturated carbocycles. The molecule has 4 rings (SSSR count). The number of hydrogen-bond acceptors (Lipinski definition) is 5. The molecule has 0 fully saturated rings. The minimum Gasteiger partial charge on any atom is -0.326 e. The van der Waals surface area contributed by atoms with Crippen molar-refractivity contribution in [3.8, 4) is 5.69 Å². The maximum Gasteiger partial charge on any atom is 0.264 e. The number of carbonyl (C=O) groups is 2. The summed E-state index contributed by atoms with van der Waals surface area (Å²) in [6.45, 7) is 5.79. The van der Waals surface area contributed by atoms with E-state index in [4.69, 9.17) is 0 Å². The van der Waals surface area contributed by atoms with E-state index in [9.17, 15) is 14.4 Å². The van der Waals surface area contributed by atoms with Crippen LogP contribution in [0.2, 0.25) is 0 Å². The number of Topliss-reactive ketones (excluding diaryl/α,β-unsaturated/α-hetero) is 1. The number of amides is 1. The summed E-state index contributed by atoms with van der Waals surface area (Å²) in [4.78, 5) is 41.8. The van der Waals surface area contributed by atoms with Crippen LogP contribution in [0.15, 0.2) is 59.8 Å². The lowest BCUT2D eigenvalue weighted by Gasteiger charge is -2.08. The van der Waals surface area contributed by atoms with Crippen molar-refractivity contribution in [2.75, 3.05) is 5.32 Å². The molecule has 1 amide bonds. The Morgan fingerprint density at radius 3 is 2.39 bits per heavy atom. The Balaban J connectivity index is 1.56. The van der Waals surface area contributed by atoms with Gasteiger partial charge in [0.05, 0.1) is 18.4 Å². The molecule has 0 atom stereocenters. The van der Waals surface area contributed by atoms with Crippen molar-refractivity contribution in [2.24, 2.45) is 0 Å². The van der Waals surface area contributed by atoms with Gasteiger partial charge in [0.1, 0.15) is 11.7 Å². The van der Waals surface area contributed by atoms with E-state index in [0.717, 1.165) is 23.2 Å². The highest BCUT2D eigenvalue weighted by Crippen LogP contribution is 2.17. The van der Waals surface area contributed by atoms with Crippen LogP contribution in [0, 0.1) is 13.8 Å². The normalized spacial score (nSPS) is 11.0. The molecular formula is C25H25N5O3. The molecule has 2 aromatic heterocycles. The highest BCUT2D eigenvalue weighted by molar-refractivity contribution is 5.97. The minimum atomic E-state index is -0.326. The zero-order chi connectivity index (χ0) is 23.5. The molecule has 0 aliphatic heterocycles. The van der Waals surface area contributed by atoms with E-state index in [1.807, 2.05) is 32.9 Å². The molecule has 4 aromatic rings. The standard InChI is InChI=1S/C25H25N5O3/c1-4-5-23(32)28-19-8-6-18(7-9-19)22(31)14-29-15-26-24-21(25(29)33)13-27-30(24)20-11-16(2)10-17(3)12-20/h6-13,15H,4-5,14H2,1-3H3,(H,28,32). The first-order valence-corrected chi connectivity index (χ1v) is 10.8. The van der Waals surface area contributed by atoms with Crippen molar-refractivity contribution >= 4 is 28.4 Å². The molecule has 8 nitrogen and oxygen atoms in total. The second kappa shape index (κ2) is 9.20. The Labute approximate surface area is 190 Å². The van der Waals surface area contributed by atoms with Crippen LogP contribution in [0.4, 0.5) is 5.69 Å². The van der Waals surface area contributed by atoms with Crippen LogP contribution in [-0.2, 0) is 11.3 Å². The smallest absolute Gasteiger partial charge is 0.264 e. The van der Waals surface area contributed by atoms with Crippen molar-refractivity contribution < 1.29 is 9.59 Å². The summed E-state index contributed by atoms with van der Waals surface area (Å²) in [5, 5.41) is 7.49. The van der Waals surface area contributed by atoms with Crippen molar-refractivity contribution in [1.82, 2.24) is 19.3 Å². The second-order valence-corrected chi connectivity index (χ2v) is 8.12. The van der Waals surface area contributed by atoms with E-state index >= 15 is 0 Å². The zero-order valence-corrected chi connectivity index (χ0v) is 18.8. The molecule has 1 N–H and O–H groups in total. The maximum absolute atomic E-state index is 13.0. The van der Waals surface area contributed by atoms with Gasteiger partial charge in [-0.2, -0.15) is 5.10 Å². The highest BCUT2D eigenvalue weighted by atomic mass is 16.2. The number of fused-ring (bicyclic) bond motifs is 1. The number of rotatable bonds is 7. The number of carbonyl (C=O) groups excluding carboxylic acids is 2. The number of aryl methyl sites for hydroxylation is 2. The van der Waals surface area contributed by atoms with E-state index in [1.165, 1.54) is 17.1 Å². The monoisotopic (exact) mass is 443 g/mol. The molecule has 2 aromatic carbocycles. The lowest BCUT2D eigenvalue weighted by molar-refractivity contribution is -0.116. The van der Waals surface area contributed by atoms with Crippen LogP contribution in [0.5, 0.6) is 0 Å². The van der Waals surface area contributed by atoms with Crippen molar-refractivity contribution in [2.45, 2.75) is 40.2 Å². The van der Waals surface area contributed by atoms with Gasteiger partial charge in [-0.25, -0.2) is 9.67 Å². The molecule has 0 unspecified atom stereocenters. The van der Waals surface area contributed by atoms with E-state index < -0.39 is 0 Å². The van der Waals surface area contributed by atoms with Crippen LogP contribution in [-0.4, -0.2) is 31.0 Å². The summed E-state index contributed by atoms with van der Waals surface area (Å²) in [7, 11) is 0. The zero-order valence-electron chi connectivity index (χ0n) is 18.8. The number of nitrogens with zero attached hydrogens (tertiary/aromatic N) is 4. The Kier molecular flexibility index (Phi) is 6.17. The van der Waals surface area contributed by atoms with Crippen LogP contribution < -0.4 is 10.9 Å². The lowest BCUT2D eigenvalue weighted by Crippen LogP contribution is -2.24. The quantitative estimate of drug-likeness (QED) is 0.438. The molecule has 0 aliphatic rings. The van der Waals surface area contributed by atoms with Crippen molar-refractivity contribution in [3.63, 3.8) is 0 Å². The number of benzene rings is 2. The first-order valence-electron chi connectivity index (χ1n) is 10.8. The SMILES string of the molecule is CCCC(=O)Nc1ccc(C(=O)Cn2cnc3c(cnn3-c3cc(C)cc(C)c3)c2=O)cc1. The van der Waals surface area contributed by atoms with Crippen LogP contribution in [0.3, 0.4) is 0 Å². The molecule has 33 heavy (non-hydrogen) atoms. The van der Waals surface area contributed by atoms with Gasteiger partial charge in [-0.1, -0.05) is 13.0 Å². The fourth-order valence-corrected chi connectivity index (χ4v) is 3.76. The number of ketones is 1. The first-order chi connectivity index (χ1) is 15.9. The van der Waals surface area contributed by atoms with Gasteiger partial charge in [-0.3, -0.25) is 19.0 Å². The van der Waals surface area contributed by atoms with E-state index in [0.29, 0.717) is 28.7 Å². The van der Waals surface area contributed by atoms with Gasteiger partial charge < -0.3 is 5.32 Å². The summed E-state index contributed by atoms with van der Waals surface area (Å²) in [6.07, 6.45) is 4.07. The first kappa shape index (κ1) is 22.1. The molecule has 0 spiro atoms. The van der Waals surface area contributed by atoms with Crippen LogP contribution >= 0.6 is 0 Å². The number of aromatic nitrogens is 4. The Morgan fingerprint density at radius 2 is 1.73 bits per heavy atom. The topological polar surface area (TPSA) is 98.9 Å². The molecule has 0 saturated heterocycles. The lowest BCUT2D eigenvalue weighted by atomic mass is 10.1. The third kappa shape index (κ3) is 4.74. The molecule has 8 heteroatoms. The molecular weight excluding hydrogens is 418 g/mol. The van der Waals surface area contributed by atoms with E-state index in [1.54, 1.807) is 28.9 Å². The summed E-state index contributed by atoms with van der Waals surface area (Å²) >= 11 is 0. The van der Waals surface area contributed by atoms with Crippen molar-refractivity contribution in [3.05, 3.63) is 82.0 Å². The summed E-state index contributed by atoms with van der Waals surface area (Å²) in [6, 6.07) is 12.7. The number of hydrogen-bond donors (Lipinski definition) is 1. The molecule has 0 radical (unpaired) electrons. The summed E-state index contributed by atoms with van der Waals surface area (Å²) in [5.41, 5.74) is 4.19. The largest absolute Gasteiger partial charge is 0.326 e. The number of anilines is 1. The second-order valence-electron chi connectivity index (χ2n) is 8.12. The molecule has 2 heterocycles. The van der Waals surface area contributed by atoms with Crippen molar-refractivity contribution in [1.29, 1.82) is 0 Å². The fraction of sp³-hybridized carbons (Fsp3) is 0.240. The summed E-state index contributed by atoms with van der Waals surface area (Å²) in [5.74, 6) is -0.296. The number of nitrogens with one attached hydrogen (secondary N) is 1. The van der Waals surface area contributed by atoms with Crippen LogP contribution in [0.1, 0.15) is 41.3 Å². The average Bonchev–Trinajstić information content (AvgIpc) is 3.20. The minimum absolute atomic E-state index is 0.0659. The van der Waals surface area contributed by atoms with Gasteiger partial charge >= 0.3 is 0 Å². The maximum atomic E-state index is 13.0. The van der Waals surface area contributed by atoms with E-state index in [-0.39, 0.29) is 23.8 Å². The predicted molar refractivity (Wildman–Crippen MR) is 127 cm³/mol. The third-order valence-electron chi connectivity index (χ3n) is 5.29. The molecule has 0 bridgehead atoms. The van der Waals surface area contributed by atoms with Gasteiger partial charge in [-0.15, -0.1) is 0 Å². The van der Waals surface area contributed by atoms with Gasteiger partial charge in [-0.05, 0) is 67.8 Å². The highest BCUT2D eigenvalue weighted by Gasteiger charge is 2.15. The van der Waals surface area contributed by atoms with E-state index in [2.05, 4.69) is 21.5 Å². The fourth-order valence-electron chi connectivity index (χ4n) is 3.76. The predicted octanol–water partition coefficient (Wildman–Crippen LogP) is 3.82. The third-order valence-corrected chi connectivity index (χ3v) is 5.29. The van der Waals surface area contributed by atoms with Gasteiger partial charge in [0.25, 0.3) is 5.56 Å².